The molecule has 0 spiro atoms. The van der Waals surface area contributed by atoms with Gasteiger partial charge >= 0.3 is 0 Å². The fourth-order valence-electron chi connectivity index (χ4n) is 2.09. The lowest BCUT2D eigenvalue weighted by Crippen LogP contribution is -2.41. The van der Waals surface area contributed by atoms with Crippen molar-refractivity contribution in [2.75, 3.05) is 20.1 Å². The minimum atomic E-state index is -3.43. The molecule has 1 aliphatic heterocycles. The number of halogens is 2. The van der Waals surface area contributed by atoms with Crippen LogP contribution in [0.2, 0.25) is 5.02 Å². The summed E-state index contributed by atoms with van der Waals surface area (Å²) in [4.78, 5) is 0. The maximum Gasteiger partial charge on any atom is 0.282 e. The van der Waals surface area contributed by atoms with Crippen molar-refractivity contribution < 1.29 is 8.42 Å². The maximum atomic E-state index is 12.3. The molecule has 1 aromatic carbocycles. The zero-order chi connectivity index (χ0) is 14.0. The molecule has 0 bridgehead atoms. The van der Waals surface area contributed by atoms with Crippen molar-refractivity contribution >= 4 is 34.2 Å². The summed E-state index contributed by atoms with van der Waals surface area (Å²) in [6, 6.07) is 7.10. The smallest absolute Gasteiger partial charge is 0.282 e. The molecular weight excluding hydrogens is 321 g/mol. The number of nitrogens with zero attached hydrogens (tertiary/aromatic N) is 2. The molecule has 1 saturated heterocycles. The summed E-state index contributed by atoms with van der Waals surface area (Å²) < 4.78 is 27.4. The molecule has 1 fully saturated rings. The van der Waals surface area contributed by atoms with E-state index in [4.69, 9.17) is 17.3 Å². The first-order valence-corrected chi connectivity index (χ1v) is 7.88. The normalized spacial score (nSPS) is 20.1. The van der Waals surface area contributed by atoms with Crippen LogP contribution in [0, 0.1) is 0 Å². The Morgan fingerprint density at radius 3 is 2.50 bits per heavy atom. The van der Waals surface area contributed by atoms with Crippen LogP contribution in [-0.4, -0.2) is 43.2 Å². The Hall–Kier alpha value is -0.370. The summed E-state index contributed by atoms with van der Waals surface area (Å²) in [7, 11) is -1.85. The highest BCUT2D eigenvalue weighted by atomic mass is 35.5. The molecular formula is C12H19Cl2N3O2S. The zero-order valence-corrected chi connectivity index (χ0v) is 13.6. The molecule has 1 aliphatic rings. The maximum absolute atomic E-state index is 12.3. The summed E-state index contributed by atoms with van der Waals surface area (Å²) >= 11 is 5.80. The molecule has 1 heterocycles. The van der Waals surface area contributed by atoms with Crippen LogP contribution in [0.15, 0.2) is 24.3 Å². The van der Waals surface area contributed by atoms with Gasteiger partial charge in [-0.05, 0) is 24.1 Å². The topological polar surface area (TPSA) is 66.6 Å². The van der Waals surface area contributed by atoms with E-state index in [9.17, 15) is 8.42 Å². The highest BCUT2D eigenvalue weighted by Gasteiger charge is 2.32. The summed E-state index contributed by atoms with van der Waals surface area (Å²) in [5, 5.41) is 0.639. The van der Waals surface area contributed by atoms with Crippen LogP contribution in [0.1, 0.15) is 12.0 Å². The van der Waals surface area contributed by atoms with Crippen LogP contribution in [0.4, 0.5) is 0 Å². The highest BCUT2D eigenvalue weighted by Crippen LogP contribution is 2.18. The highest BCUT2D eigenvalue weighted by molar-refractivity contribution is 7.86. The summed E-state index contributed by atoms with van der Waals surface area (Å²) in [5.74, 6) is 0. The van der Waals surface area contributed by atoms with Gasteiger partial charge < -0.3 is 5.73 Å². The molecule has 0 amide bonds. The van der Waals surface area contributed by atoms with Crippen molar-refractivity contribution in [1.82, 2.24) is 8.61 Å². The van der Waals surface area contributed by atoms with Crippen molar-refractivity contribution in [2.24, 2.45) is 5.73 Å². The van der Waals surface area contributed by atoms with Gasteiger partial charge in [-0.15, -0.1) is 12.4 Å². The first kappa shape index (κ1) is 17.7. The van der Waals surface area contributed by atoms with E-state index in [2.05, 4.69) is 0 Å². The number of nitrogens with two attached hydrogens (primary N) is 1. The van der Waals surface area contributed by atoms with Crippen molar-refractivity contribution in [3.8, 4) is 0 Å². The Morgan fingerprint density at radius 2 is 2.00 bits per heavy atom. The lowest BCUT2D eigenvalue weighted by atomic mass is 10.2. The van der Waals surface area contributed by atoms with Gasteiger partial charge in [0.25, 0.3) is 10.2 Å². The molecule has 20 heavy (non-hydrogen) atoms. The third kappa shape index (κ3) is 4.07. The molecule has 1 atom stereocenters. The van der Waals surface area contributed by atoms with Crippen LogP contribution in [0.5, 0.6) is 0 Å². The van der Waals surface area contributed by atoms with Gasteiger partial charge in [-0.1, -0.05) is 23.7 Å². The largest absolute Gasteiger partial charge is 0.326 e. The predicted molar refractivity (Wildman–Crippen MR) is 83.3 cm³/mol. The molecule has 5 nitrogen and oxygen atoms in total. The van der Waals surface area contributed by atoms with Crippen molar-refractivity contribution in [1.29, 1.82) is 0 Å². The Balaban J connectivity index is 0.00000200. The first-order valence-electron chi connectivity index (χ1n) is 6.11. The second kappa shape index (κ2) is 7.06. The Bertz CT molecular complexity index is 536. The standard InChI is InChI=1S/C12H18ClN3O2S.ClH/c1-15(8-10-2-4-11(13)5-3-10)19(17,18)16-7-6-12(14)9-16;/h2-5,12H,6-9,14H2,1H3;1H/t12-;/m1./s1. The van der Waals surface area contributed by atoms with Gasteiger partial charge in [0.1, 0.15) is 0 Å². The third-order valence-corrected chi connectivity index (χ3v) is 5.38. The molecule has 0 unspecified atom stereocenters. The first-order chi connectivity index (χ1) is 8.89. The second-order valence-corrected chi connectivity index (χ2v) is 7.27. The van der Waals surface area contributed by atoms with E-state index in [1.54, 1.807) is 19.2 Å². The molecule has 8 heteroatoms. The van der Waals surface area contributed by atoms with E-state index in [0.717, 1.165) is 5.56 Å². The Labute approximate surface area is 131 Å². The van der Waals surface area contributed by atoms with E-state index in [1.807, 2.05) is 12.1 Å². The van der Waals surface area contributed by atoms with E-state index < -0.39 is 10.2 Å². The van der Waals surface area contributed by atoms with E-state index in [1.165, 1.54) is 8.61 Å². The number of hydrogen-bond acceptors (Lipinski definition) is 3. The van der Waals surface area contributed by atoms with Crippen LogP contribution in [-0.2, 0) is 16.8 Å². The monoisotopic (exact) mass is 339 g/mol. The summed E-state index contributed by atoms with van der Waals surface area (Å²) in [6.07, 6.45) is 0.716. The van der Waals surface area contributed by atoms with Gasteiger partial charge in [-0.3, -0.25) is 0 Å². The molecule has 0 aromatic heterocycles. The fraction of sp³-hybridized carbons (Fsp3) is 0.500. The molecule has 2 rings (SSSR count). The summed E-state index contributed by atoms with van der Waals surface area (Å²) in [5.41, 5.74) is 6.65. The average molecular weight is 340 g/mol. The van der Waals surface area contributed by atoms with Gasteiger partial charge in [0, 0.05) is 37.7 Å². The lowest BCUT2D eigenvalue weighted by Gasteiger charge is -2.24. The van der Waals surface area contributed by atoms with E-state index in [0.29, 0.717) is 31.1 Å². The minimum absolute atomic E-state index is 0. The van der Waals surface area contributed by atoms with Gasteiger partial charge in [0.15, 0.2) is 0 Å². The molecule has 0 aliphatic carbocycles. The Kier molecular flexibility index (Phi) is 6.25. The molecule has 114 valence electrons. The van der Waals surface area contributed by atoms with E-state index in [-0.39, 0.29) is 18.4 Å². The van der Waals surface area contributed by atoms with Gasteiger partial charge in [0.2, 0.25) is 0 Å². The average Bonchev–Trinajstić information content (AvgIpc) is 2.79. The van der Waals surface area contributed by atoms with Gasteiger partial charge in [0.05, 0.1) is 0 Å². The second-order valence-electron chi connectivity index (χ2n) is 4.80. The van der Waals surface area contributed by atoms with Crippen LogP contribution >= 0.6 is 24.0 Å². The molecule has 2 N–H and O–H groups in total. The number of rotatable bonds is 4. The lowest BCUT2D eigenvalue weighted by molar-refractivity contribution is 0.389. The molecule has 1 aromatic rings. The van der Waals surface area contributed by atoms with Gasteiger partial charge in [-0.2, -0.15) is 17.0 Å². The van der Waals surface area contributed by atoms with Crippen LogP contribution in [0.3, 0.4) is 0 Å². The van der Waals surface area contributed by atoms with Crippen molar-refractivity contribution in [3.63, 3.8) is 0 Å². The zero-order valence-electron chi connectivity index (χ0n) is 11.2. The fourth-order valence-corrected chi connectivity index (χ4v) is 3.64. The van der Waals surface area contributed by atoms with Crippen LogP contribution < -0.4 is 5.73 Å². The van der Waals surface area contributed by atoms with Crippen LogP contribution in [0.25, 0.3) is 0 Å². The third-order valence-electron chi connectivity index (χ3n) is 3.23. The van der Waals surface area contributed by atoms with Crippen molar-refractivity contribution in [2.45, 2.75) is 19.0 Å². The SMILES string of the molecule is CN(Cc1ccc(Cl)cc1)S(=O)(=O)N1CC[C@@H](N)C1.Cl. The molecule has 0 radical (unpaired) electrons. The number of hydrogen-bond donors (Lipinski definition) is 1. The number of benzene rings is 1. The molecule has 0 saturated carbocycles. The van der Waals surface area contributed by atoms with Gasteiger partial charge in [-0.25, -0.2) is 0 Å². The Morgan fingerprint density at radius 1 is 1.40 bits per heavy atom. The predicted octanol–water partition coefficient (Wildman–Crippen LogP) is 1.47. The van der Waals surface area contributed by atoms with Crippen molar-refractivity contribution in [3.05, 3.63) is 34.9 Å². The minimum Gasteiger partial charge on any atom is -0.326 e. The quantitative estimate of drug-likeness (QED) is 0.903. The van der Waals surface area contributed by atoms with E-state index >= 15 is 0 Å². The summed E-state index contributed by atoms with van der Waals surface area (Å²) in [6.45, 7) is 1.22.